The molecule has 3 rings (SSSR count). The van der Waals surface area contributed by atoms with Gasteiger partial charge in [-0.2, -0.15) is 0 Å². The highest BCUT2D eigenvalue weighted by atomic mass is 32.1. The van der Waals surface area contributed by atoms with Gasteiger partial charge < -0.3 is 9.80 Å². The molecule has 22 heavy (non-hydrogen) atoms. The Bertz CT molecular complexity index is 666. The summed E-state index contributed by atoms with van der Waals surface area (Å²) in [5.74, 6) is 0.482. The number of carbonyl (C=O) groups excluding carboxylic acids is 1. The van der Waals surface area contributed by atoms with Gasteiger partial charge in [0.15, 0.2) is 0 Å². The van der Waals surface area contributed by atoms with Crippen LogP contribution in [0.5, 0.6) is 0 Å². The molecule has 0 spiro atoms. The normalized spacial score (nSPS) is 15.8. The lowest BCUT2D eigenvalue weighted by Crippen LogP contribution is -2.44. The monoisotopic (exact) mass is 319 g/mol. The van der Waals surface area contributed by atoms with Crippen LogP contribution in [0.1, 0.15) is 15.5 Å². The number of piperazine rings is 1. The molecule has 3 heterocycles. The summed E-state index contributed by atoms with van der Waals surface area (Å²) in [7, 11) is 2.10. The van der Waals surface area contributed by atoms with Crippen LogP contribution < -0.4 is 10.2 Å². The van der Waals surface area contributed by atoms with Gasteiger partial charge in [0, 0.05) is 32.2 Å². The second-order valence-electron chi connectivity index (χ2n) is 5.13. The predicted molar refractivity (Wildman–Crippen MR) is 84.3 cm³/mol. The maximum absolute atomic E-state index is 12.2. The highest BCUT2D eigenvalue weighted by molar-refractivity contribution is 7.15. The van der Waals surface area contributed by atoms with Crippen LogP contribution in [0.15, 0.2) is 12.4 Å². The largest absolute Gasteiger partial charge is 0.354 e. The van der Waals surface area contributed by atoms with E-state index < -0.39 is 0 Å². The summed E-state index contributed by atoms with van der Waals surface area (Å²) >= 11 is 1.33. The quantitative estimate of drug-likeness (QED) is 0.888. The topological polar surface area (TPSA) is 87.1 Å². The third kappa shape index (κ3) is 3.37. The fourth-order valence-electron chi connectivity index (χ4n) is 2.19. The van der Waals surface area contributed by atoms with Crippen molar-refractivity contribution in [2.75, 3.05) is 43.4 Å². The van der Waals surface area contributed by atoms with E-state index in [0.717, 1.165) is 37.0 Å². The first-order valence-corrected chi connectivity index (χ1v) is 7.80. The Kier molecular flexibility index (Phi) is 4.25. The zero-order chi connectivity index (χ0) is 15.5. The number of nitrogens with zero attached hydrogens (tertiary/aromatic N) is 6. The molecule has 2 aromatic rings. The molecular formula is C13H17N7OS. The molecule has 0 unspecified atom stereocenters. The van der Waals surface area contributed by atoms with E-state index in [1.54, 1.807) is 6.07 Å². The molecule has 0 atom stereocenters. The zero-order valence-electron chi connectivity index (χ0n) is 12.5. The maximum Gasteiger partial charge on any atom is 0.276 e. The van der Waals surface area contributed by atoms with E-state index in [1.165, 1.54) is 17.7 Å². The van der Waals surface area contributed by atoms with Crippen LogP contribution >= 0.6 is 11.3 Å². The highest BCUT2D eigenvalue weighted by Crippen LogP contribution is 2.17. The highest BCUT2D eigenvalue weighted by Gasteiger charge is 2.18. The number of hydrogen-bond donors (Lipinski definition) is 1. The zero-order valence-corrected chi connectivity index (χ0v) is 13.3. The van der Waals surface area contributed by atoms with Crippen molar-refractivity contribution in [3.63, 3.8) is 0 Å². The molecule has 1 aliphatic rings. The maximum atomic E-state index is 12.2. The van der Waals surface area contributed by atoms with E-state index in [4.69, 9.17) is 0 Å². The number of anilines is 2. The van der Waals surface area contributed by atoms with Gasteiger partial charge in [-0.05, 0) is 14.0 Å². The number of aryl methyl sites for hydroxylation is 1. The minimum absolute atomic E-state index is 0.297. The van der Waals surface area contributed by atoms with Crippen LogP contribution in [0.25, 0.3) is 0 Å². The average molecular weight is 319 g/mol. The van der Waals surface area contributed by atoms with Gasteiger partial charge in [-0.1, -0.05) is 11.3 Å². The summed E-state index contributed by atoms with van der Waals surface area (Å²) in [6.45, 7) is 5.59. The number of nitrogens with one attached hydrogen (secondary N) is 1. The molecule has 0 bridgehead atoms. The summed E-state index contributed by atoms with van der Waals surface area (Å²) in [6.07, 6.45) is 1.42. The number of amides is 1. The molecule has 1 saturated heterocycles. The summed E-state index contributed by atoms with van der Waals surface area (Å²) in [5, 5.41) is 11.7. The van der Waals surface area contributed by atoms with Crippen LogP contribution in [0.3, 0.4) is 0 Å². The van der Waals surface area contributed by atoms with Gasteiger partial charge in [-0.15, -0.1) is 10.2 Å². The van der Waals surface area contributed by atoms with Crippen molar-refractivity contribution in [2.45, 2.75) is 6.92 Å². The smallest absolute Gasteiger partial charge is 0.276 e. The van der Waals surface area contributed by atoms with Gasteiger partial charge in [-0.3, -0.25) is 10.1 Å². The van der Waals surface area contributed by atoms with Crippen LogP contribution in [0.4, 0.5) is 10.9 Å². The lowest BCUT2D eigenvalue weighted by atomic mass is 10.3. The van der Waals surface area contributed by atoms with E-state index in [2.05, 4.69) is 42.3 Å². The first-order valence-electron chi connectivity index (χ1n) is 6.99. The van der Waals surface area contributed by atoms with Crippen LogP contribution in [-0.2, 0) is 0 Å². The van der Waals surface area contributed by atoms with Crippen molar-refractivity contribution < 1.29 is 4.79 Å². The second-order valence-corrected chi connectivity index (χ2v) is 6.31. The van der Waals surface area contributed by atoms with Gasteiger partial charge in [0.1, 0.15) is 22.8 Å². The van der Waals surface area contributed by atoms with Gasteiger partial charge >= 0.3 is 0 Å². The SMILES string of the molecule is Cc1nnc(NC(=O)c2cc(N3CCN(C)CC3)ncn2)s1. The Morgan fingerprint density at radius 1 is 1.23 bits per heavy atom. The molecule has 0 saturated carbocycles. The molecule has 0 aliphatic carbocycles. The minimum atomic E-state index is -0.297. The third-order valence-electron chi connectivity index (χ3n) is 3.46. The molecule has 0 radical (unpaired) electrons. The summed E-state index contributed by atoms with van der Waals surface area (Å²) in [4.78, 5) is 25.0. The van der Waals surface area contributed by atoms with Crippen LogP contribution in [-0.4, -0.2) is 64.2 Å². The molecule has 1 aliphatic heterocycles. The summed E-state index contributed by atoms with van der Waals surface area (Å²) in [6, 6.07) is 1.72. The van der Waals surface area contributed by atoms with Gasteiger partial charge in [0.25, 0.3) is 5.91 Å². The van der Waals surface area contributed by atoms with Crippen molar-refractivity contribution in [1.82, 2.24) is 25.1 Å². The lowest BCUT2D eigenvalue weighted by Gasteiger charge is -2.33. The lowest BCUT2D eigenvalue weighted by molar-refractivity contribution is 0.102. The van der Waals surface area contributed by atoms with E-state index in [0.29, 0.717) is 10.8 Å². The standard InChI is InChI=1S/C13H17N7OS/c1-9-17-18-13(22-9)16-12(21)10-7-11(15-8-14-10)20-5-3-19(2)4-6-20/h7-8H,3-6H2,1-2H3,(H,16,18,21). The van der Waals surface area contributed by atoms with E-state index >= 15 is 0 Å². The molecular weight excluding hydrogens is 302 g/mol. The van der Waals surface area contributed by atoms with Crippen molar-refractivity contribution in [3.8, 4) is 0 Å². The van der Waals surface area contributed by atoms with Crippen molar-refractivity contribution in [2.24, 2.45) is 0 Å². The van der Waals surface area contributed by atoms with Crippen LogP contribution in [0.2, 0.25) is 0 Å². The van der Waals surface area contributed by atoms with Gasteiger partial charge in [0.05, 0.1) is 0 Å². The molecule has 0 aromatic carbocycles. The second kappa shape index (κ2) is 6.32. The Hall–Kier alpha value is -2.13. The molecule has 9 heteroatoms. The summed E-state index contributed by atoms with van der Waals surface area (Å²) in [5.41, 5.74) is 0.330. The molecule has 116 valence electrons. The Labute approximate surface area is 132 Å². The number of carbonyl (C=O) groups is 1. The van der Waals surface area contributed by atoms with E-state index in [1.807, 2.05) is 6.92 Å². The first-order chi connectivity index (χ1) is 10.6. The Balaban J connectivity index is 1.71. The van der Waals surface area contributed by atoms with Crippen LogP contribution in [0, 0.1) is 6.92 Å². The Morgan fingerprint density at radius 3 is 2.68 bits per heavy atom. The minimum Gasteiger partial charge on any atom is -0.354 e. The van der Waals surface area contributed by atoms with Crippen molar-refractivity contribution >= 4 is 28.2 Å². The first kappa shape index (κ1) is 14.8. The summed E-state index contributed by atoms with van der Waals surface area (Å²) < 4.78 is 0. The van der Waals surface area contributed by atoms with E-state index in [9.17, 15) is 4.79 Å². The molecule has 2 aromatic heterocycles. The fourth-order valence-corrected chi connectivity index (χ4v) is 2.77. The molecule has 1 amide bonds. The van der Waals surface area contributed by atoms with Gasteiger partial charge in [0.2, 0.25) is 5.13 Å². The third-order valence-corrected chi connectivity index (χ3v) is 4.21. The number of likely N-dealkylation sites (N-methyl/N-ethyl adjacent to an activating group) is 1. The molecule has 1 N–H and O–H groups in total. The van der Waals surface area contributed by atoms with Gasteiger partial charge in [-0.25, -0.2) is 9.97 Å². The van der Waals surface area contributed by atoms with Crippen molar-refractivity contribution in [1.29, 1.82) is 0 Å². The Morgan fingerprint density at radius 2 is 2.00 bits per heavy atom. The number of rotatable bonds is 3. The fraction of sp³-hybridized carbons (Fsp3) is 0.462. The number of hydrogen-bond acceptors (Lipinski definition) is 8. The molecule has 1 fully saturated rings. The number of aromatic nitrogens is 4. The average Bonchev–Trinajstić information content (AvgIpc) is 2.93. The van der Waals surface area contributed by atoms with E-state index in [-0.39, 0.29) is 5.91 Å². The van der Waals surface area contributed by atoms with Crippen molar-refractivity contribution in [3.05, 3.63) is 23.1 Å². The predicted octanol–water partition coefficient (Wildman–Crippen LogP) is 0.641. The molecule has 8 nitrogen and oxygen atoms in total.